The lowest BCUT2D eigenvalue weighted by Crippen LogP contribution is -2.17. The summed E-state index contributed by atoms with van der Waals surface area (Å²) in [5, 5.41) is 12.0. The number of carbonyl (C=O) groups excluding carboxylic acids is 1. The molecule has 2 nitrogen and oxygen atoms in total. The molecule has 2 heteroatoms. The highest BCUT2D eigenvalue weighted by molar-refractivity contribution is 5.99. The quantitative estimate of drug-likeness (QED) is 0.807. The molecule has 2 aromatic carbocycles. The Kier molecular flexibility index (Phi) is 2.30. The third-order valence-electron chi connectivity index (χ3n) is 3.24. The summed E-state index contributed by atoms with van der Waals surface area (Å²) in [4.78, 5) is 11.7. The predicted molar refractivity (Wildman–Crippen MR) is 66.8 cm³/mol. The number of benzene rings is 2. The van der Waals surface area contributed by atoms with E-state index in [1.807, 2.05) is 42.5 Å². The van der Waals surface area contributed by atoms with Gasteiger partial charge in [0.15, 0.2) is 5.78 Å². The Morgan fingerprint density at radius 3 is 2.47 bits per heavy atom. The summed E-state index contributed by atoms with van der Waals surface area (Å²) < 4.78 is 0. The molecule has 0 aliphatic heterocycles. The van der Waals surface area contributed by atoms with Crippen LogP contribution in [0.4, 0.5) is 0 Å². The van der Waals surface area contributed by atoms with Gasteiger partial charge in [0.1, 0.15) is 0 Å². The number of ketones is 1. The minimum Gasteiger partial charge on any atom is -0.388 e. The number of hydrogen-bond donors (Lipinski definition) is 1. The van der Waals surface area contributed by atoms with Gasteiger partial charge in [-0.25, -0.2) is 0 Å². The van der Waals surface area contributed by atoms with Crippen molar-refractivity contribution in [3.8, 4) is 0 Å². The van der Waals surface area contributed by atoms with Gasteiger partial charge in [0.25, 0.3) is 0 Å². The van der Waals surface area contributed by atoms with Crippen LogP contribution in [0.2, 0.25) is 0 Å². The monoisotopic (exact) mass is 224 g/mol. The van der Waals surface area contributed by atoms with E-state index in [0.717, 1.165) is 16.3 Å². The first-order valence-corrected chi connectivity index (χ1v) is 5.64. The fraction of sp³-hybridized carbons (Fsp3) is 0.133. The molecule has 2 atom stereocenters. The topological polar surface area (TPSA) is 37.3 Å². The first-order chi connectivity index (χ1) is 8.25. The van der Waals surface area contributed by atoms with E-state index in [4.69, 9.17) is 0 Å². The van der Waals surface area contributed by atoms with E-state index in [1.54, 1.807) is 6.08 Å². The second kappa shape index (κ2) is 3.82. The Bertz CT molecular complexity index is 613. The Balaban J connectivity index is 2.09. The zero-order valence-corrected chi connectivity index (χ0v) is 9.21. The first-order valence-electron chi connectivity index (χ1n) is 5.64. The normalized spacial score (nSPS) is 23.5. The van der Waals surface area contributed by atoms with Gasteiger partial charge in [-0.15, -0.1) is 0 Å². The second-order valence-corrected chi connectivity index (χ2v) is 4.34. The van der Waals surface area contributed by atoms with Crippen LogP contribution in [0.25, 0.3) is 10.8 Å². The van der Waals surface area contributed by atoms with Crippen LogP contribution in [-0.2, 0) is 4.79 Å². The second-order valence-electron chi connectivity index (χ2n) is 4.34. The number of carbonyl (C=O) groups is 1. The zero-order valence-electron chi connectivity index (χ0n) is 9.21. The van der Waals surface area contributed by atoms with Gasteiger partial charge in [0.2, 0.25) is 0 Å². The van der Waals surface area contributed by atoms with Crippen molar-refractivity contribution >= 4 is 16.6 Å². The Morgan fingerprint density at radius 2 is 1.76 bits per heavy atom. The highest BCUT2D eigenvalue weighted by atomic mass is 16.3. The van der Waals surface area contributed by atoms with E-state index in [2.05, 4.69) is 0 Å². The van der Waals surface area contributed by atoms with Crippen molar-refractivity contribution < 1.29 is 9.90 Å². The number of aliphatic hydroxyl groups excluding tert-OH is 1. The van der Waals surface area contributed by atoms with Gasteiger partial charge in [0.05, 0.1) is 12.0 Å². The van der Waals surface area contributed by atoms with Crippen LogP contribution in [0.15, 0.2) is 54.6 Å². The molecule has 17 heavy (non-hydrogen) atoms. The molecule has 0 bridgehead atoms. The fourth-order valence-electron chi connectivity index (χ4n) is 2.34. The third kappa shape index (κ3) is 1.67. The van der Waals surface area contributed by atoms with Crippen molar-refractivity contribution in [1.29, 1.82) is 0 Å². The van der Waals surface area contributed by atoms with Crippen molar-refractivity contribution in [3.05, 3.63) is 60.2 Å². The van der Waals surface area contributed by atoms with Crippen molar-refractivity contribution in [3.63, 3.8) is 0 Å². The molecule has 84 valence electrons. The molecule has 1 aliphatic carbocycles. The first kappa shape index (κ1) is 10.2. The number of fused-ring (bicyclic) bond motifs is 1. The van der Waals surface area contributed by atoms with E-state index >= 15 is 0 Å². The molecule has 0 saturated carbocycles. The van der Waals surface area contributed by atoms with E-state index in [9.17, 15) is 9.90 Å². The van der Waals surface area contributed by atoms with Crippen LogP contribution in [-0.4, -0.2) is 17.0 Å². The lowest BCUT2D eigenvalue weighted by molar-refractivity contribution is -0.116. The van der Waals surface area contributed by atoms with Gasteiger partial charge in [-0.2, -0.15) is 0 Å². The highest BCUT2D eigenvalue weighted by Gasteiger charge is 2.29. The van der Waals surface area contributed by atoms with Crippen LogP contribution in [0.3, 0.4) is 0 Å². The molecule has 0 amide bonds. The van der Waals surface area contributed by atoms with Gasteiger partial charge in [0, 0.05) is 0 Å². The Hall–Kier alpha value is -1.93. The lowest BCUT2D eigenvalue weighted by Gasteiger charge is -2.14. The van der Waals surface area contributed by atoms with E-state index in [-0.39, 0.29) is 5.78 Å². The fourth-order valence-corrected chi connectivity index (χ4v) is 2.34. The number of hydrogen-bond acceptors (Lipinski definition) is 2. The summed E-state index contributed by atoms with van der Waals surface area (Å²) in [6.45, 7) is 0. The maximum atomic E-state index is 11.7. The highest BCUT2D eigenvalue weighted by Crippen LogP contribution is 2.29. The molecule has 2 aromatic rings. The van der Waals surface area contributed by atoms with E-state index in [1.165, 1.54) is 6.08 Å². The van der Waals surface area contributed by atoms with Crippen molar-refractivity contribution in [2.24, 2.45) is 0 Å². The molecule has 1 N–H and O–H groups in total. The molecule has 0 fully saturated rings. The van der Waals surface area contributed by atoms with Gasteiger partial charge in [-0.05, 0) is 22.4 Å². The van der Waals surface area contributed by atoms with Gasteiger partial charge in [-0.3, -0.25) is 4.79 Å². The molecule has 3 rings (SSSR count). The minimum absolute atomic E-state index is 0.0206. The van der Waals surface area contributed by atoms with Gasteiger partial charge >= 0.3 is 0 Å². The van der Waals surface area contributed by atoms with Crippen molar-refractivity contribution in [2.45, 2.75) is 12.0 Å². The van der Waals surface area contributed by atoms with Gasteiger partial charge < -0.3 is 5.11 Å². The number of rotatable bonds is 1. The molecule has 0 aromatic heterocycles. The molecule has 0 radical (unpaired) electrons. The molecule has 0 saturated heterocycles. The summed E-state index contributed by atoms with van der Waals surface area (Å²) in [6, 6.07) is 13.9. The summed E-state index contributed by atoms with van der Waals surface area (Å²) in [5.41, 5.74) is 0.881. The third-order valence-corrected chi connectivity index (χ3v) is 3.24. The summed E-state index contributed by atoms with van der Waals surface area (Å²) in [6.07, 6.45) is 2.33. The number of allylic oxidation sites excluding steroid dienone is 1. The van der Waals surface area contributed by atoms with Crippen LogP contribution in [0.5, 0.6) is 0 Å². The van der Waals surface area contributed by atoms with Crippen LogP contribution in [0.1, 0.15) is 11.5 Å². The summed E-state index contributed by atoms with van der Waals surface area (Å²) in [5.74, 6) is -0.451. The van der Waals surface area contributed by atoms with E-state index < -0.39 is 12.0 Å². The minimum atomic E-state index is -0.691. The molecular formula is C15H12O2. The van der Waals surface area contributed by atoms with E-state index in [0.29, 0.717) is 0 Å². The van der Waals surface area contributed by atoms with Gasteiger partial charge in [-0.1, -0.05) is 48.5 Å². The SMILES string of the molecule is O=C1C=C[C@H](O)C1c1ccc2ccccc2c1. The van der Waals surface area contributed by atoms with Crippen molar-refractivity contribution in [2.75, 3.05) is 0 Å². The van der Waals surface area contributed by atoms with Crippen molar-refractivity contribution in [1.82, 2.24) is 0 Å². The molecular weight excluding hydrogens is 212 g/mol. The van der Waals surface area contributed by atoms with Crippen LogP contribution in [0, 0.1) is 0 Å². The number of aliphatic hydroxyl groups is 1. The predicted octanol–water partition coefficient (Wildman–Crippen LogP) is 2.42. The largest absolute Gasteiger partial charge is 0.388 e. The zero-order chi connectivity index (χ0) is 11.8. The standard InChI is InChI=1S/C15H12O2/c16-13-7-8-14(17)15(13)12-6-5-10-3-1-2-4-11(10)9-12/h1-9,13,15-16H/t13-,15?/m0/s1. The summed E-state index contributed by atoms with van der Waals surface area (Å²) in [7, 11) is 0. The Labute approximate surface area is 99.2 Å². The summed E-state index contributed by atoms with van der Waals surface area (Å²) >= 11 is 0. The Morgan fingerprint density at radius 1 is 1.00 bits per heavy atom. The lowest BCUT2D eigenvalue weighted by atomic mass is 9.92. The maximum absolute atomic E-state index is 11.7. The average Bonchev–Trinajstić information content (AvgIpc) is 2.68. The van der Waals surface area contributed by atoms with Crippen LogP contribution >= 0.6 is 0 Å². The average molecular weight is 224 g/mol. The molecule has 1 unspecified atom stereocenters. The molecule has 1 aliphatic rings. The van der Waals surface area contributed by atoms with Crippen LogP contribution < -0.4 is 0 Å². The molecule has 0 heterocycles. The maximum Gasteiger partial charge on any atom is 0.165 e. The smallest absolute Gasteiger partial charge is 0.165 e. The molecule has 0 spiro atoms.